The number of benzene rings is 1. The molecule has 0 aliphatic carbocycles. The molecule has 0 saturated heterocycles. The summed E-state index contributed by atoms with van der Waals surface area (Å²) in [4.78, 5) is 4.38. The first-order chi connectivity index (χ1) is 7.13. The zero-order valence-electron chi connectivity index (χ0n) is 9.27. The molecule has 0 fully saturated rings. The molecule has 0 atom stereocenters. The average Bonchev–Trinajstić information content (AvgIpc) is 2.58. The number of hydrogen-bond donors (Lipinski definition) is 0. The molecule has 0 saturated carbocycles. The third kappa shape index (κ3) is 1.78. The molecule has 1 aromatic carbocycles. The second kappa shape index (κ2) is 3.51. The van der Waals surface area contributed by atoms with Gasteiger partial charge in [0.15, 0.2) is 0 Å². The third-order valence-corrected chi connectivity index (χ3v) is 2.53. The second-order valence-corrected chi connectivity index (χ2v) is 4.02. The van der Waals surface area contributed by atoms with Gasteiger partial charge >= 0.3 is 0 Å². The lowest BCUT2D eigenvalue weighted by atomic mass is 10.2. The molecule has 1 heterocycles. The number of nitrogens with zero attached hydrogens (tertiary/aromatic N) is 2. The molecular formula is C12H15N2O+. The molecule has 3 heteroatoms. The topological polar surface area (TPSA) is 21.6 Å². The number of ether oxygens (including phenoxy) is 1. The van der Waals surface area contributed by atoms with Gasteiger partial charge in [-0.15, -0.1) is 0 Å². The van der Waals surface area contributed by atoms with Crippen LogP contribution in [0.1, 0.15) is 5.56 Å². The van der Waals surface area contributed by atoms with Crippen LogP contribution >= 0.6 is 0 Å². The average molecular weight is 203 g/mol. The molecule has 1 aliphatic heterocycles. The second-order valence-electron chi connectivity index (χ2n) is 4.02. The van der Waals surface area contributed by atoms with Crippen molar-refractivity contribution in [3.63, 3.8) is 0 Å². The van der Waals surface area contributed by atoms with Crippen molar-refractivity contribution < 1.29 is 9.22 Å². The van der Waals surface area contributed by atoms with Gasteiger partial charge in [-0.25, -0.2) is 0 Å². The normalized spacial score (nSPS) is 17.7. The maximum absolute atomic E-state index is 5.12. The Hall–Kier alpha value is -1.61. The smallest absolute Gasteiger partial charge is 0.239 e. The van der Waals surface area contributed by atoms with Crippen LogP contribution in [0.3, 0.4) is 0 Å². The van der Waals surface area contributed by atoms with Crippen LogP contribution in [0.25, 0.3) is 0 Å². The van der Waals surface area contributed by atoms with Gasteiger partial charge in [-0.05, 0) is 24.3 Å². The highest BCUT2D eigenvalue weighted by Gasteiger charge is 2.26. The maximum Gasteiger partial charge on any atom is 0.239 e. The predicted molar refractivity (Wildman–Crippen MR) is 60.8 cm³/mol. The molecule has 1 aromatic rings. The van der Waals surface area contributed by atoms with Gasteiger partial charge in [0, 0.05) is 0 Å². The zero-order chi connectivity index (χ0) is 10.9. The Morgan fingerprint density at radius 3 is 2.27 bits per heavy atom. The van der Waals surface area contributed by atoms with E-state index in [1.165, 1.54) is 0 Å². The standard InChI is InChI=1S/C12H15N2O/c1-14(2)9-8-13-12(14)10-4-6-11(15-3)7-5-10/h4-9H,1-3H3/q+1. The van der Waals surface area contributed by atoms with E-state index in [2.05, 4.69) is 25.3 Å². The van der Waals surface area contributed by atoms with Gasteiger partial charge in [0.25, 0.3) is 0 Å². The lowest BCUT2D eigenvalue weighted by Gasteiger charge is -2.21. The van der Waals surface area contributed by atoms with Crippen molar-refractivity contribution in [1.82, 2.24) is 0 Å². The number of methoxy groups -OCH3 is 1. The quantitative estimate of drug-likeness (QED) is 0.674. The summed E-state index contributed by atoms with van der Waals surface area (Å²) >= 11 is 0. The number of amidine groups is 1. The SMILES string of the molecule is COc1ccc(C2=NC=C[N+]2(C)C)cc1. The molecule has 0 unspecified atom stereocenters. The van der Waals surface area contributed by atoms with Crippen LogP contribution in [-0.4, -0.2) is 31.5 Å². The molecule has 15 heavy (non-hydrogen) atoms. The summed E-state index contributed by atoms with van der Waals surface area (Å²) in [5, 5.41) is 0. The summed E-state index contributed by atoms with van der Waals surface area (Å²) in [6.45, 7) is 0. The van der Waals surface area contributed by atoms with E-state index in [9.17, 15) is 0 Å². The highest BCUT2D eigenvalue weighted by molar-refractivity contribution is 5.95. The Morgan fingerprint density at radius 2 is 1.80 bits per heavy atom. The van der Waals surface area contributed by atoms with Crippen LogP contribution in [0, 0.1) is 0 Å². The van der Waals surface area contributed by atoms with Crippen LogP contribution < -0.4 is 4.74 Å². The Labute approximate surface area is 89.9 Å². The molecule has 0 aromatic heterocycles. The number of rotatable bonds is 2. The molecule has 0 radical (unpaired) electrons. The van der Waals surface area contributed by atoms with Gasteiger partial charge < -0.3 is 4.74 Å². The highest BCUT2D eigenvalue weighted by atomic mass is 16.5. The van der Waals surface area contributed by atoms with Gasteiger partial charge in [0.1, 0.15) is 11.9 Å². The van der Waals surface area contributed by atoms with Crippen LogP contribution in [-0.2, 0) is 0 Å². The van der Waals surface area contributed by atoms with Crippen molar-refractivity contribution in [3.05, 3.63) is 42.2 Å². The van der Waals surface area contributed by atoms with Crippen LogP contribution in [0.4, 0.5) is 0 Å². The van der Waals surface area contributed by atoms with Crippen molar-refractivity contribution in [2.75, 3.05) is 21.2 Å². The van der Waals surface area contributed by atoms with E-state index in [-0.39, 0.29) is 0 Å². The molecule has 0 amide bonds. The third-order valence-electron chi connectivity index (χ3n) is 2.53. The molecule has 2 rings (SSSR count). The summed E-state index contributed by atoms with van der Waals surface area (Å²) in [6.07, 6.45) is 3.90. The monoisotopic (exact) mass is 203 g/mol. The minimum atomic E-state index is 0.687. The van der Waals surface area contributed by atoms with Gasteiger partial charge in [-0.2, -0.15) is 4.99 Å². The first-order valence-electron chi connectivity index (χ1n) is 4.88. The van der Waals surface area contributed by atoms with E-state index in [4.69, 9.17) is 4.74 Å². The summed E-state index contributed by atoms with van der Waals surface area (Å²) < 4.78 is 5.81. The first kappa shape index (κ1) is 9.93. The van der Waals surface area contributed by atoms with E-state index >= 15 is 0 Å². The van der Waals surface area contributed by atoms with Crippen molar-refractivity contribution in [1.29, 1.82) is 0 Å². The van der Waals surface area contributed by atoms with Crippen molar-refractivity contribution >= 4 is 5.84 Å². The van der Waals surface area contributed by atoms with Crippen molar-refractivity contribution in [3.8, 4) is 5.75 Å². The summed E-state index contributed by atoms with van der Waals surface area (Å²) in [5.41, 5.74) is 1.13. The Morgan fingerprint density at radius 1 is 1.13 bits per heavy atom. The fraction of sp³-hybridized carbons (Fsp3) is 0.250. The van der Waals surface area contributed by atoms with E-state index < -0.39 is 0 Å². The van der Waals surface area contributed by atoms with Gasteiger partial charge in [-0.1, -0.05) is 0 Å². The molecule has 78 valence electrons. The highest BCUT2D eigenvalue weighted by Crippen LogP contribution is 2.19. The fourth-order valence-electron chi connectivity index (χ4n) is 1.64. The van der Waals surface area contributed by atoms with Crippen LogP contribution in [0.2, 0.25) is 0 Å². The van der Waals surface area contributed by atoms with Crippen molar-refractivity contribution in [2.45, 2.75) is 0 Å². The minimum absolute atomic E-state index is 0.687. The maximum atomic E-state index is 5.12. The molecule has 0 N–H and O–H groups in total. The Kier molecular flexibility index (Phi) is 2.32. The molecule has 1 aliphatic rings. The summed E-state index contributed by atoms with van der Waals surface area (Å²) in [7, 11) is 5.88. The van der Waals surface area contributed by atoms with Gasteiger partial charge in [0.05, 0.1) is 33.0 Å². The predicted octanol–water partition coefficient (Wildman–Crippen LogP) is 2.00. The number of hydrogen-bond acceptors (Lipinski definition) is 2. The number of quaternary nitrogens is 1. The van der Waals surface area contributed by atoms with E-state index in [0.717, 1.165) is 17.1 Å². The van der Waals surface area contributed by atoms with E-state index in [1.54, 1.807) is 7.11 Å². The van der Waals surface area contributed by atoms with Crippen LogP contribution in [0.15, 0.2) is 41.7 Å². The molecule has 3 nitrogen and oxygen atoms in total. The minimum Gasteiger partial charge on any atom is -0.497 e. The Bertz CT molecular complexity index is 416. The van der Waals surface area contributed by atoms with Gasteiger partial charge in [-0.3, -0.25) is 4.48 Å². The van der Waals surface area contributed by atoms with E-state index in [0.29, 0.717) is 4.48 Å². The fourth-order valence-corrected chi connectivity index (χ4v) is 1.64. The molecule has 0 spiro atoms. The largest absolute Gasteiger partial charge is 0.497 e. The van der Waals surface area contributed by atoms with Gasteiger partial charge in [0.2, 0.25) is 5.84 Å². The van der Waals surface area contributed by atoms with E-state index in [1.807, 2.05) is 30.5 Å². The molecular weight excluding hydrogens is 188 g/mol. The lowest BCUT2D eigenvalue weighted by molar-refractivity contribution is -0.738. The zero-order valence-corrected chi connectivity index (χ0v) is 9.27. The lowest BCUT2D eigenvalue weighted by Crippen LogP contribution is -2.38. The molecule has 0 bridgehead atoms. The van der Waals surface area contributed by atoms with Crippen molar-refractivity contribution in [2.24, 2.45) is 4.99 Å². The first-order valence-corrected chi connectivity index (χ1v) is 4.88. The Balaban J connectivity index is 2.32. The summed E-state index contributed by atoms with van der Waals surface area (Å²) in [6, 6.07) is 7.97. The number of aliphatic imine (C=N–C) groups is 1. The summed E-state index contributed by atoms with van der Waals surface area (Å²) in [5.74, 6) is 1.92. The van der Waals surface area contributed by atoms with Crippen LogP contribution in [0.5, 0.6) is 5.75 Å².